The largest absolute Gasteiger partial charge is 0.325 e. The predicted molar refractivity (Wildman–Crippen MR) is 118 cm³/mol. The number of aromatic nitrogens is 4. The highest BCUT2D eigenvalue weighted by Gasteiger charge is 2.16. The summed E-state index contributed by atoms with van der Waals surface area (Å²) in [6, 6.07) is 9.86. The highest BCUT2D eigenvalue weighted by Crippen LogP contribution is 2.28. The maximum Gasteiger partial charge on any atom is 0.234 e. The number of para-hydroxylation sites is 1. The number of aryl methyl sites for hydroxylation is 1. The third kappa shape index (κ3) is 4.92. The summed E-state index contributed by atoms with van der Waals surface area (Å²) in [7, 11) is 0. The second kappa shape index (κ2) is 9.52. The maximum atomic E-state index is 12.6. The number of hydrogen-bond donors (Lipinski definition) is 1. The number of amides is 1. The Morgan fingerprint density at radius 3 is 2.69 bits per heavy atom. The first-order chi connectivity index (χ1) is 14.0. The van der Waals surface area contributed by atoms with Gasteiger partial charge in [0.2, 0.25) is 5.91 Å². The van der Waals surface area contributed by atoms with E-state index in [9.17, 15) is 4.79 Å². The van der Waals surface area contributed by atoms with Crippen molar-refractivity contribution >= 4 is 23.4 Å². The van der Waals surface area contributed by atoms with E-state index in [1.807, 2.05) is 35.8 Å². The Labute approximate surface area is 175 Å². The van der Waals surface area contributed by atoms with E-state index in [0.29, 0.717) is 17.6 Å². The van der Waals surface area contributed by atoms with Crippen LogP contribution in [0.3, 0.4) is 0 Å². The van der Waals surface area contributed by atoms with Crippen molar-refractivity contribution in [2.75, 3.05) is 11.1 Å². The molecule has 2 aromatic heterocycles. The topological polar surface area (TPSA) is 72.7 Å². The molecule has 0 radical (unpaired) electrons. The van der Waals surface area contributed by atoms with Crippen LogP contribution in [0, 0.1) is 6.92 Å². The second-order valence-electron chi connectivity index (χ2n) is 6.97. The third-order valence-corrected chi connectivity index (χ3v) is 5.46. The lowest BCUT2D eigenvalue weighted by molar-refractivity contribution is -0.113. The van der Waals surface area contributed by atoms with Crippen molar-refractivity contribution in [3.05, 3.63) is 66.5 Å². The number of benzene rings is 1. The minimum atomic E-state index is -0.0650. The van der Waals surface area contributed by atoms with Crippen molar-refractivity contribution in [2.24, 2.45) is 0 Å². The van der Waals surface area contributed by atoms with Crippen LogP contribution in [0.25, 0.3) is 11.4 Å². The molecule has 1 N–H and O–H groups in total. The zero-order chi connectivity index (χ0) is 20.8. The Balaban J connectivity index is 1.75. The van der Waals surface area contributed by atoms with Gasteiger partial charge in [-0.15, -0.1) is 16.8 Å². The molecule has 6 nitrogen and oxygen atoms in total. The number of thioether (sulfide) groups is 1. The van der Waals surface area contributed by atoms with Crippen LogP contribution in [0.5, 0.6) is 0 Å². The van der Waals surface area contributed by atoms with Crippen molar-refractivity contribution in [3.8, 4) is 11.4 Å². The monoisotopic (exact) mass is 407 g/mol. The molecule has 0 aliphatic rings. The second-order valence-corrected chi connectivity index (χ2v) is 7.91. The van der Waals surface area contributed by atoms with Gasteiger partial charge in [-0.1, -0.05) is 49.9 Å². The Kier molecular flexibility index (Phi) is 6.82. The Hall–Kier alpha value is -2.93. The van der Waals surface area contributed by atoms with Gasteiger partial charge in [-0.05, 0) is 36.1 Å². The maximum absolute atomic E-state index is 12.6. The number of allylic oxidation sites excluding steroid dienone is 1. The summed E-state index contributed by atoms with van der Waals surface area (Å²) in [4.78, 5) is 16.7. The highest BCUT2D eigenvalue weighted by atomic mass is 32.2. The molecule has 150 valence electrons. The van der Waals surface area contributed by atoms with Crippen molar-refractivity contribution in [1.82, 2.24) is 19.7 Å². The fourth-order valence-electron chi connectivity index (χ4n) is 3.05. The summed E-state index contributed by atoms with van der Waals surface area (Å²) in [5, 5.41) is 12.3. The van der Waals surface area contributed by atoms with Crippen molar-refractivity contribution in [1.29, 1.82) is 0 Å². The Bertz CT molecular complexity index is 998. The summed E-state index contributed by atoms with van der Waals surface area (Å²) in [6.07, 6.45) is 5.23. The van der Waals surface area contributed by atoms with Gasteiger partial charge in [0.25, 0.3) is 0 Å². The highest BCUT2D eigenvalue weighted by molar-refractivity contribution is 7.99. The van der Waals surface area contributed by atoms with Crippen molar-refractivity contribution < 1.29 is 4.79 Å². The molecule has 0 bridgehead atoms. The SMILES string of the molecule is C=CCn1c(SCC(=O)Nc2c(C)cccc2C(C)C)nnc1-c1ccncc1. The van der Waals surface area contributed by atoms with Crippen LogP contribution in [0.2, 0.25) is 0 Å². The van der Waals surface area contributed by atoms with Gasteiger partial charge < -0.3 is 5.32 Å². The van der Waals surface area contributed by atoms with E-state index in [-0.39, 0.29) is 11.7 Å². The smallest absolute Gasteiger partial charge is 0.234 e. The minimum absolute atomic E-state index is 0.0650. The summed E-state index contributed by atoms with van der Waals surface area (Å²) >= 11 is 1.36. The number of carbonyl (C=O) groups excluding carboxylic acids is 1. The molecule has 0 saturated heterocycles. The first-order valence-corrected chi connectivity index (χ1v) is 10.5. The number of nitrogens with one attached hydrogen (secondary N) is 1. The predicted octanol–water partition coefficient (Wildman–Crippen LogP) is 4.69. The fraction of sp³-hybridized carbons (Fsp3) is 0.273. The molecule has 0 unspecified atom stereocenters. The van der Waals surface area contributed by atoms with Crippen LogP contribution in [0.1, 0.15) is 30.9 Å². The molecule has 0 spiro atoms. The lowest BCUT2D eigenvalue weighted by Crippen LogP contribution is -2.17. The molecule has 0 saturated carbocycles. The first-order valence-electron chi connectivity index (χ1n) is 9.48. The van der Waals surface area contributed by atoms with E-state index < -0.39 is 0 Å². The molecule has 29 heavy (non-hydrogen) atoms. The summed E-state index contributed by atoms with van der Waals surface area (Å²) in [6.45, 7) is 10.6. The molecule has 3 rings (SSSR count). The molecule has 0 atom stereocenters. The molecule has 2 heterocycles. The average Bonchev–Trinajstić information content (AvgIpc) is 3.11. The van der Waals surface area contributed by atoms with E-state index in [1.165, 1.54) is 11.8 Å². The lowest BCUT2D eigenvalue weighted by atomic mass is 9.98. The van der Waals surface area contributed by atoms with E-state index in [0.717, 1.165) is 28.2 Å². The van der Waals surface area contributed by atoms with Crippen molar-refractivity contribution in [2.45, 2.75) is 38.4 Å². The molecule has 3 aromatic rings. The Morgan fingerprint density at radius 1 is 1.24 bits per heavy atom. The number of pyridine rings is 1. The van der Waals surface area contributed by atoms with Gasteiger partial charge in [0.05, 0.1) is 5.75 Å². The normalized spacial score (nSPS) is 10.9. The van der Waals surface area contributed by atoms with E-state index in [4.69, 9.17) is 0 Å². The molecule has 1 aromatic carbocycles. The molecule has 0 aliphatic carbocycles. The molecular formula is C22H25N5OS. The van der Waals surface area contributed by atoms with Gasteiger partial charge in [0.15, 0.2) is 11.0 Å². The number of anilines is 1. The molecule has 0 aliphatic heterocycles. The van der Waals surface area contributed by atoms with E-state index in [2.05, 4.69) is 47.0 Å². The van der Waals surface area contributed by atoms with E-state index >= 15 is 0 Å². The van der Waals surface area contributed by atoms with Gasteiger partial charge in [-0.2, -0.15) is 0 Å². The van der Waals surface area contributed by atoms with Gasteiger partial charge in [0.1, 0.15) is 0 Å². The average molecular weight is 408 g/mol. The number of nitrogens with zero attached hydrogens (tertiary/aromatic N) is 4. The summed E-state index contributed by atoms with van der Waals surface area (Å²) in [5.41, 5.74) is 4.02. The summed E-state index contributed by atoms with van der Waals surface area (Å²) < 4.78 is 1.95. The zero-order valence-corrected chi connectivity index (χ0v) is 17.7. The number of hydrogen-bond acceptors (Lipinski definition) is 5. The van der Waals surface area contributed by atoms with E-state index in [1.54, 1.807) is 18.5 Å². The van der Waals surface area contributed by atoms with Crippen molar-refractivity contribution in [3.63, 3.8) is 0 Å². The van der Waals surface area contributed by atoms with Crippen LogP contribution in [0.4, 0.5) is 5.69 Å². The van der Waals surface area contributed by atoms with Crippen LogP contribution < -0.4 is 5.32 Å². The first kappa shape index (κ1) is 20.8. The molecule has 7 heteroatoms. The van der Waals surface area contributed by atoms with Gasteiger partial charge in [-0.3, -0.25) is 14.3 Å². The fourth-order valence-corrected chi connectivity index (χ4v) is 3.80. The van der Waals surface area contributed by atoms with Gasteiger partial charge in [0, 0.05) is 30.2 Å². The molecular weight excluding hydrogens is 382 g/mol. The van der Waals surface area contributed by atoms with Crippen LogP contribution in [-0.4, -0.2) is 31.4 Å². The summed E-state index contributed by atoms with van der Waals surface area (Å²) in [5.74, 6) is 1.25. The number of rotatable bonds is 8. The Morgan fingerprint density at radius 2 is 2.00 bits per heavy atom. The number of carbonyl (C=O) groups is 1. The third-order valence-electron chi connectivity index (χ3n) is 4.49. The molecule has 1 amide bonds. The quantitative estimate of drug-likeness (QED) is 0.433. The lowest BCUT2D eigenvalue weighted by Gasteiger charge is -2.16. The van der Waals surface area contributed by atoms with Crippen LogP contribution >= 0.6 is 11.8 Å². The minimum Gasteiger partial charge on any atom is -0.325 e. The standard InChI is InChI=1S/C22H25N5OS/c1-5-13-27-21(17-9-11-23-12-10-17)25-26-22(27)29-14-19(28)24-20-16(4)7-6-8-18(20)15(2)3/h5-12,15H,1,13-14H2,2-4H3,(H,24,28). The van der Waals surface area contributed by atoms with Crippen LogP contribution in [-0.2, 0) is 11.3 Å². The van der Waals surface area contributed by atoms with Crippen LogP contribution in [0.15, 0.2) is 60.5 Å². The molecule has 0 fully saturated rings. The van der Waals surface area contributed by atoms with Gasteiger partial charge >= 0.3 is 0 Å². The zero-order valence-electron chi connectivity index (χ0n) is 16.9. The van der Waals surface area contributed by atoms with Gasteiger partial charge in [-0.25, -0.2) is 0 Å².